The SMILES string of the molecule is Cn1cc(CNc2ccsc2)cc1C#N. The summed E-state index contributed by atoms with van der Waals surface area (Å²) < 4.78 is 1.84. The molecule has 2 aromatic rings. The third-order valence-electron chi connectivity index (χ3n) is 2.19. The summed E-state index contributed by atoms with van der Waals surface area (Å²) in [4.78, 5) is 0. The zero-order chi connectivity index (χ0) is 10.7. The van der Waals surface area contributed by atoms with Gasteiger partial charge in [-0.3, -0.25) is 0 Å². The summed E-state index contributed by atoms with van der Waals surface area (Å²) in [5.74, 6) is 0. The van der Waals surface area contributed by atoms with E-state index in [1.54, 1.807) is 11.3 Å². The molecule has 76 valence electrons. The quantitative estimate of drug-likeness (QED) is 0.858. The van der Waals surface area contributed by atoms with Crippen LogP contribution in [0.2, 0.25) is 0 Å². The van der Waals surface area contributed by atoms with E-state index in [1.165, 1.54) is 0 Å². The fourth-order valence-corrected chi connectivity index (χ4v) is 2.02. The highest BCUT2D eigenvalue weighted by molar-refractivity contribution is 7.08. The van der Waals surface area contributed by atoms with E-state index in [-0.39, 0.29) is 0 Å². The Morgan fingerprint density at radius 3 is 3.07 bits per heavy atom. The van der Waals surface area contributed by atoms with Crippen LogP contribution in [0.15, 0.2) is 29.1 Å². The number of nitrogens with one attached hydrogen (secondary N) is 1. The van der Waals surface area contributed by atoms with Gasteiger partial charge in [0.1, 0.15) is 11.8 Å². The first kappa shape index (κ1) is 9.81. The van der Waals surface area contributed by atoms with Crippen molar-refractivity contribution in [2.45, 2.75) is 6.54 Å². The van der Waals surface area contributed by atoms with Crippen molar-refractivity contribution in [2.75, 3.05) is 5.32 Å². The van der Waals surface area contributed by atoms with Crippen LogP contribution >= 0.6 is 11.3 Å². The second kappa shape index (κ2) is 4.20. The number of hydrogen-bond acceptors (Lipinski definition) is 3. The largest absolute Gasteiger partial charge is 0.380 e. The molecule has 0 aliphatic carbocycles. The maximum absolute atomic E-state index is 8.79. The van der Waals surface area contributed by atoms with Crippen LogP contribution < -0.4 is 5.32 Å². The van der Waals surface area contributed by atoms with E-state index in [9.17, 15) is 0 Å². The predicted octanol–water partition coefficient (Wildman–Crippen LogP) is 2.57. The molecule has 4 heteroatoms. The third-order valence-corrected chi connectivity index (χ3v) is 2.88. The van der Waals surface area contributed by atoms with Gasteiger partial charge in [0.05, 0.1) is 0 Å². The Balaban J connectivity index is 2.03. The van der Waals surface area contributed by atoms with E-state index >= 15 is 0 Å². The van der Waals surface area contributed by atoms with Gasteiger partial charge in [-0.2, -0.15) is 16.6 Å². The molecule has 0 radical (unpaired) electrons. The number of aromatic nitrogens is 1. The molecule has 1 N–H and O–H groups in total. The standard InChI is InChI=1S/C11H11N3S/c1-14-7-9(4-11(14)5-12)6-13-10-2-3-15-8-10/h2-4,7-8,13H,6H2,1H3. The van der Waals surface area contributed by atoms with E-state index in [1.807, 2.05) is 35.3 Å². The lowest BCUT2D eigenvalue weighted by Gasteiger charge is -2.00. The van der Waals surface area contributed by atoms with Crippen LogP contribution in [0.4, 0.5) is 5.69 Å². The lowest BCUT2D eigenvalue weighted by molar-refractivity contribution is 0.902. The summed E-state index contributed by atoms with van der Waals surface area (Å²) in [6, 6.07) is 6.09. The number of hydrogen-bond donors (Lipinski definition) is 1. The van der Waals surface area contributed by atoms with E-state index < -0.39 is 0 Å². The maximum atomic E-state index is 8.79. The van der Waals surface area contributed by atoms with Crippen LogP contribution in [0.1, 0.15) is 11.3 Å². The molecule has 0 atom stereocenters. The van der Waals surface area contributed by atoms with Crippen LogP contribution in [-0.4, -0.2) is 4.57 Å². The van der Waals surface area contributed by atoms with Crippen molar-refractivity contribution in [2.24, 2.45) is 7.05 Å². The minimum Gasteiger partial charge on any atom is -0.380 e. The molecule has 0 saturated carbocycles. The van der Waals surface area contributed by atoms with Gasteiger partial charge in [0, 0.05) is 30.9 Å². The van der Waals surface area contributed by atoms with Gasteiger partial charge >= 0.3 is 0 Å². The summed E-state index contributed by atoms with van der Waals surface area (Å²) in [6.07, 6.45) is 1.97. The third kappa shape index (κ3) is 2.20. The van der Waals surface area contributed by atoms with Crippen molar-refractivity contribution >= 4 is 17.0 Å². The van der Waals surface area contributed by atoms with Gasteiger partial charge in [0.15, 0.2) is 0 Å². The smallest absolute Gasteiger partial charge is 0.120 e. The number of nitriles is 1. The van der Waals surface area contributed by atoms with Crippen molar-refractivity contribution in [1.29, 1.82) is 5.26 Å². The van der Waals surface area contributed by atoms with Gasteiger partial charge in [-0.05, 0) is 23.1 Å². The molecule has 0 unspecified atom stereocenters. The molecular weight excluding hydrogens is 206 g/mol. The van der Waals surface area contributed by atoms with E-state index in [2.05, 4.69) is 16.8 Å². The summed E-state index contributed by atoms with van der Waals surface area (Å²) in [5.41, 5.74) is 2.94. The minimum absolute atomic E-state index is 0.692. The molecule has 0 aliphatic rings. The molecule has 15 heavy (non-hydrogen) atoms. The van der Waals surface area contributed by atoms with Crippen LogP contribution in [-0.2, 0) is 13.6 Å². The second-order valence-electron chi connectivity index (χ2n) is 3.32. The Kier molecular flexibility index (Phi) is 2.75. The van der Waals surface area contributed by atoms with Crippen molar-refractivity contribution in [1.82, 2.24) is 4.57 Å². The number of aryl methyl sites for hydroxylation is 1. The van der Waals surface area contributed by atoms with Crippen molar-refractivity contribution in [3.8, 4) is 6.07 Å². The van der Waals surface area contributed by atoms with Crippen molar-refractivity contribution in [3.63, 3.8) is 0 Å². The Morgan fingerprint density at radius 1 is 1.60 bits per heavy atom. The molecule has 2 rings (SSSR count). The monoisotopic (exact) mass is 217 g/mol. The normalized spacial score (nSPS) is 9.87. The van der Waals surface area contributed by atoms with Crippen LogP contribution in [0.5, 0.6) is 0 Å². The highest BCUT2D eigenvalue weighted by atomic mass is 32.1. The molecule has 2 aromatic heterocycles. The molecule has 0 aromatic carbocycles. The molecule has 2 heterocycles. The molecule has 0 fully saturated rings. The van der Waals surface area contributed by atoms with Crippen molar-refractivity contribution in [3.05, 3.63) is 40.3 Å². The fraction of sp³-hybridized carbons (Fsp3) is 0.182. The molecule has 0 spiro atoms. The van der Waals surface area contributed by atoms with Gasteiger partial charge in [-0.15, -0.1) is 0 Å². The number of rotatable bonds is 3. The van der Waals surface area contributed by atoms with Crippen molar-refractivity contribution < 1.29 is 0 Å². The zero-order valence-electron chi connectivity index (χ0n) is 8.40. The molecule has 0 bridgehead atoms. The Hall–Kier alpha value is -1.73. The average molecular weight is 217 g/mol. The van der Waals surface area contributed by atoms with Gasteiger partial charge in [0.2, 0.25) is 0 Å². The first-order chi connectivity index (χ1) is 7.29. The molecule has 0 aliphatic heterocycles. The number of thiophene rings is 1. The van der Waals surface area contributed by atoms with E-state index in [0.29, 0.717) is 5.69 Å². The average Bonchev–Trinajstić information content (AvgIpc) is 2.83. The van der Waals surface area contributed by atoms with Gasteiger partial charge in [-0.1, -0.05) is 0 Å². The number of anilines is 1. The molecular formula is C11H11N3S. The fourth-order valence-electron chi connectivity index (χ4n) is 1.41. The topological polar surface area (TPSA) is 40.8 Å². The maximum Gasteiger partial charge on any atom is 0.120 e. The van der Waals surface area contributed by atoms with Gasteiger partial charge in [-0.25, -0.2) is 0 Å². The van der Waals surface area contributed by atoms with Crippen LogP contribution in [0.25, 0.3) is 0 Å². The predicted molar refractivity (Wildman–Crippen MR) is 61.8 cm³/mol. The first-order valence-electron chi connectivity index (χ1n) is 4.61. The Bertz CT molecular complexity index is 476. The lowest BCUT2D eigenvalue weighted by atomic mass is 10.3. The second-order valence-corrected chi connectivity index (χ2v) is 4.10. The van der Waals surface area contributed by atoms with Gasteiger partial charge < -0.3 is 9.88 Å². The van der Waals surface area contributed by atoms with Crippen LogP contribution in [0.3, 0.4) is 0 Å². The lowest BCUT2D eigenvalue weighted by Crippen LogP contribution is -1.96. The van der Waals surface area contributed by atoms with E-state index in [0.717, 1.165) is 17.8 Å². The number of nitrogens with zero attached hydrogens (tertiary/aromatic N) is 2. The van der Waals surface area contributed by atoms with E-state index in [4.69, 9.17) is 5.26 Å². The molecule has 0 saturated heterocycles. The zero-order valence-corrected chi connectivity index (χ0v) is 9.21. The highest BCUT2D eigenvalue weighted by Gasteiger charge is 2.01. The van der Waals surface area contributed by atoms with Crippen LogP contribution in [0, 0.1) is 11.3 Å². The summed E-state index contributed by atoms with van der Waals surface area (Å²) in [6.45, 7) is 0.756. The Morgan fingerprint density at radius 2 is 2.47 bits per heavy atom. The summed E-state index contributed by atoms with van der Waals surface area (Å²) >= 11 is 1.67. The summed E-state index contributed by atoms with van der Waals surface area (Å²) in [7, 11) is 1.88. The molecule has 0 amide bonds. The minimum atomic E-state index is 0.692. The molecule has 3 nitrogen and oxygen atoms in total. The first-order valence-corrected chi connectivity index (χ1v) is 5.55. The summed E-state index contributed by atoms with van der Waals surface area (Å²) in [5, 5.41) is 16.2. The highest BCUT2D eigenvalue weighted by Crippen LogP contribution is 2.14. The van der Waals surface area contributed by atoms with Gasteiger partial charge in [0.25, 0.3) is 0 Å². The Labute approximate surface area is 92.6 Å².